The second-order valence-electron chi connectivity index (χ2n) is 9.23. The van der Waals surface area contributed by atoms with Gasteiger partial charge in [-0.05, 0) is 55.0 Å². The Kier molecular flexibility index (Phi) is 9.65. The number of phenols is 2. The van der Waals surface area contributed by atoms with Crippen LogP contribution in [0.15, 0.2) is 36.6 Å². The Balaban J connectivity index is 1.50. The van der Waals surface area contributed by atoms with E-state index in [-0.39, 0.29) is 36.9 Å². The lowest BCUT2D eigenvalue weighted by Gasteiger charge is -2.40. The Morgan fingerprint density at radius 1 is 1.11 bits per heavy atom. The zero-order valence-electron chi connectivity index (χ0n) is 19.9. The average Bonchev–Trinajstić information content (AvgIpc) is 2.89. The highest BCUT2D eigenvalue weighted by Gasteiger charge is 2.45. The predicted octanol–water partition coefficient (Wildman–Crippen LogP) is -0.669. The standard InChI is InChI=1S/C25H32O12/c26-11-18-21(32)22(33)23(34)24(37-18)35-8-7-25(13-27)6-5-15(10-19(25)30)12-36-20(31)4-2-14-1-3-16(28)17(29)9-14/h1-4,7-9,13,15,18-19,21-24,26,28-30,32-34H,5-6,10-12H2/b4-2+,8-7?/t15-,18+,19-,21+,22-,23+,24+,25+/m0/s1. The Hall–Kier alpha value is -3.00. The van der Waals surface area contributed by atoms with E-state index in [2.05, 4.69) is 0 Å². The molecule has 2 fully saturated rings. The molecule has 1 aromatic carbocycles. The number of rotatable bonds is 9. The van der Waals surface area contributed by atoms with Gasteiger partial charge in [0.25, 0.3) is 0 Å². The smallest absolute Gasteiger partial charge is 0.330 e. The number of carbonyl (C=O) groups excluding carboxylic acids is 2. The maximum Gasteiger partial charge on any atom is 0.330 e. The van der Waals surface area contributed by atoms with Gasteiger partial charge in [-0.2, -0.15) is 0 Å². The monoisotopic (exact) mass is 524 g/mol. The van der Waals surface area contributed by atoms with Crippen LogP contribution in [-0.2, 0) is 23.8 Å². The van der Waals surface area contributed by atoms with Gasteiger partial charge in [-0.15, -0.1) is 0 Å². The molecule has 3 rings (SSSR count). The Labute approximate surface area is 212 Å². The first-order valence-electron chi connectivity index (χ1n) is 11.7. The van der Waals surface area contributed by atoms with Crippen LogP contribution < -0.4 is 0 Å². The number of aromatic hydroxyl groups is 2. The van der Waals surface area contributed by atoms with Crippen LogP contribution in [0.3, 0.4) is 0 Å². The number of ether oxygens (including phenoxy) is 3. The van der Waals surface area contributed by atoms with Crippen molar-refractivity contribution in [1.82, 2.24) is 0 Å². The van der Waals surface area contributed by atoms with Gasteiger partial charge in [-0.3, -0.25) is 0 Å². The molecule has 1 aromatic rings. The fraction of sp³-hybridized carbons (Fsp3) is 0.520. The van der Waals surface area contributed by atoms with Gasteiger partial charge in [0.05, 0.1) is 31.0 Å². The highest BCUT2D eigenvalue weighted by atomic mass is 16.7. The van der Waals surface area contributed by atoms with E-state index in [1.807, 2.05) is 0 Å². The summed E-state index contributed by atoms with van der Waals surface area (Å²) in [6.45, 7) is -0.602. The van der Waals surface area contributed by atoms with E-state index in [0.29, 0.717) is 18.3 Å². The van der Waals surface area contributed by atoms with E-state index in [9.17, 15) is 45.3 Å². The quantitative estimate of drug-likeness (QED) is 0.0707. The molecule has 1 aliphatic heterocycles. The third kappa shape index (κ3) is 6.86. The predicted molar refractivity (Wildman–Crippen MR) is 126 cm³/mol. The third-order valence-electron chi connectivity index (χ3n) is 6.69. The number of aldehydes is 1. The number of aliphatic hydroxyl groups is 5. The molecule has 0 radical (unpaired) electrons. The van der Waals surface area contributed by atoms with Crippen molar-refractivity contribution in [2.75, 3.05) is 13.2 Å². The van der Waals surface area contributed by atoms with Crippen molar-refractivity contribution in [2.24, 2.45) is 11.3 Å². The lowest BCUT2D eigenvalue weighted by molar-refractivity contribution is -0.288. The molecule has 0 bridgehead atoms. The van der Waals surface area contributed by atoms with E-state index in [0.717, 1.165) is 6.26 Å². The minimum Gasteiger partial charge on any atom is -0.504 e. The Morgan fingerprint density at radius 3 is 2.51 bits per heavy atom. The second kappa shape index (κ2) is 12.5. The zero-order chi connectivity index (χ0) is 27.2. The molecule has 1 saturated heterocycles. The van der Waals surface area contributed by atoms with Crippen LogP contribution >= 0.6 is 0 Å². The Morgan fingerprint density at radius 2 is 1.86 bits per heavy atom. The molecule has 37 heavy (non-hydrogen) atoms. The molecule has 12 heteroatoms. The van der Waals surface area contributed by atoms with Crippen LogP contribution in [0, 0.1) is 11.3 Å². The molecular formula is C25H32O12. The maximum atomic E-state index is 12.0. The maximum absolute atomic E-state index is 12.0. The first-order chi connectivity index (χ1) is 17.6. The van der Waals surface area contributed by atoms with Gasteiger partial charge in [0.1, 0.15) is 30.7 Å². The van der Waals surface area contributed by atoms with Crippen molar-refractivity contribution in [3.8, 4) is 11.5 Å². The van der Waals surface area contributed by atoms with Crippen LogP contribution in [-0.4, -0.2) is 98.0 Å². The molecule has 8 atom stereocenters. The summed E-state index contributed by atoms with van der Waals surface area (Å²) in [5.74, 6) is -1.45. The van der Waals surface area contributed by atoms with Gasteiger partial charge < -0.3 is 54.8 Å². The van der Waals surface area contributed by atoms with Gasteiger partial charge in [0.15, 0.2) is 11.5 Å². The SMILES string of the molecule is O=C[C@]1(C=CO[C@@H]2O[C@H](CO)[C@@H](O)[C@H](O)[C@H]2O)CC[C@H](COC(=O)/C=C/c2ccc(O)c(O)c2)C[C@@H]1O. The molecule has 0 amide bonds. The summed E-state index contributed by atoms with van der Waals surface area (Å²) in [5, 5.41) is 68.4. The van der Waals surface area contributed by atoms with Crippen LogP contribution in [0.2, 0.25) is 0 Å². The molecule has 2 aliphatic rings. The van der Waals surface area contributed by atoms with Crippen molar-refractivity contribution >= 4 is 18.3 Å². The first kappa shape index (κ1) is 28.6. The first-order valence-corrected chi connectivity index (χ1v) is 11.7. The van der Waals surface area contributed by atoms with Gasteiger partial charge >= 0.3 is 5.97 Å². The summed E-state index contributed by atoms with van der Waals surface area (Å²) in [7, 11) is 0. The number of hydrogen-bond donors (Lipinski definition) is 7. The molecule has 1 heterocycles. The number of hydrogen-bond acceptors (Lipinski definition) is 12. The number of benzene rings is 1. The summed E-state index contributed by atoms with van der Waals surface area (Å²) in [5.41, 5.74) is -0.816. The summed E-state index contributed by atoms with van der Waals surface area (Å²) in [4.78, 5) is 23.9. The van der Waals surface area contributed by atoms with Crippen molar-refractivity contribution in [1.29, 1.82) is 0 Å². The zero-order valence-corrected chi connectivity index (χ0v) is 19.9. The van der Waals surface area contributed by atoms with Gasteiger partial charge in [-0.25, -0.2) is 4.79 Å². The molecular weight excluding hydrogens is 492 g/mol. The lowest BCUT2D eigenvalue weighted by Crippen LogP contribution is -2.58. The van der Waals surface area contributed by atoms with Crippen LogP contribution in [0.1, 0.15) is 24.8 Å². The molecule has 0 aromatic heterocycles. The van der Waals surface area contributed by atoms with Gasteiger partial charge in [0.2, 0.25) is 6.29 Å². The van der Waals surface area contributed by atoms with Crippen LogP contribution in [0.5, 0.6) is 11.5 Å². The summed E-state index contributed by atoms with van der Waals surface area (Å²) in [6.07, 6.45) is -2.06. The molecule has 0 unspecified atom stereocenters. The molecule has 1 aliphatic carbocycles. The van der Waals surface area contributed by atoms with E-state index >= 15 is 0 Å². The van der Waals surface area contributed by atoms with Crippen molar-refractivity contribution in [3.05, 3.63) is 42.2 Å². The van der Waals surface area contributed by atoms with Crippen LogP contribution in [0.4, 0.5) is 0 Å². The van der Waals surface area contributed by atoms with E-state index in [4.69, 9.17) is 14.2 Å². The minimum atomic E-state index is -1.61. The summed E-state index contributed by atoms with van der Waals surface area (Å²) in [6, 6.07) is 4.07. The largest absolute Gasteiger partial charge is 0.504 e. The highest BCUT2D eigenvalue weighted by molar-refractivity contribution is 5.87. The van der Waals surface area contributed by atoms with E-state index in [1.54, 1.807) is 0 Å². The average molecular weight is 525 g/mol. The molecule has 0 spiro atoms. The van der Waals surface area contributed by atoms with Crippen LogP contribution in [0.25, 0.3) is 6.08 Å². The highest BCUT2D eigenvalue weighted by Crippen LogP contribution is 2.39. The molecule has 7 N–H and O–H groups in total. The second-order valence-corrected chi connectivity index (χ2v) is 9.23. The Bertz CT molecular complexity index is 992. The molecule has 204 valence electrons. The number of aliphatic hydroxyl groups excluding tert-OH is 5. The fourth-order valence-electron chi connectivity index (χ4n) is 4.28. The molecule has 12 nitrogen and oxygen atoms in total. The van der Waals surface area contributed by atoms with E-state index in [1.165, 1.54) is 36.4 Å². The van der Waals surface area contributed by atoms with Crippen molar-refractivity contribution in [3.63, 3.8) is 0 Å². The normalized spacial score (nSPS) is 34.5. The fourth-order valence-corrected chi connectivity index (χ4v) is 4.28. The van der Waals surface area contributed by atoms with Crippen molar-refractivity contribution in [2.45, 2.75) is 56.1 Å². The van der Waals surface area contributed by atoms with E-state index < -0.39 is 54.8 Å². The minimum absolute atomic E-state index is 0.0150. The number of carbonyl (C=O) groups is 2. The summed E-state index contributed by atoms with van der Waals surface area (Å²) < 4.78 is 15.8. The topological polar surface area (TPSA) is 203 Å². The number of phenolic OH excluding ortho intramolecular Hbond substituents is 2. The lowest BCUT2D eigenvalue weighted by atomic mass is 9.69. The third-order valence-corrected chi connectivity index (χ3v) is 6.69. The van der Waals surface area contributed by atoms with Gasteiger partial charge in [-0.1, -0.05) is 6.07 Å². The van der Waals surface area contributed by atoms with Gasteiger partial charge in [0, 0.05) is 6.08 Å². The summed E-state index contributed by atoms with van der Waals surface area (Å²) >= 11 is 0. The number of esters is 1. The van der Waals surface area contributed by atoms with Crippen molar-refractivity contribution < 1.29 is 59.5 Å². The molecule has 1 saturated carbocycles.